The van der Waals surface area contributed by atoms with Crippen LogP contribution in [0.1, 0.15) is 25.0 Å². The maximum atomic E-state index is 8.68. The van der Waals surface area contributed by atoms with Crippen molar-refractivity contribution in [1.29, 1.82) is 0 Å². The van der Waals surface area contributed by atoms with E-state index in [1.807, 2.05) is 24.3 Å². The molecule has 1 aromatic heterocycles. The molecule has 1 heterocycles. The number of hydrogen-bond donors (Lipinski definition) is 1. The third kappa shape index (κ3) is 2.71. The number of oxime groups is 1. The van der Waals surface area contributed by atoms with E-state index in [-0.39, 0.29) is 0 Å². The molecule has 3 heteroatoms. The zero-order valence-corrected chi connectivity index (χ0v) is 8.85. The number of nitrogens with zero attached hydrogens (tertiary/aromatic N) is 2. The molecular weight excluding hydrogens is 200 g/mol. The molecule has 0 spiro atoms. The van der Waals surface area contributed by atoms with Crippen LogP contribution >= 0.6 is 0 Å². The van der Waals surface area contributed by atoms with E-state index in [9.17, 15) is 0 Å². The fourth-order valence-corrected chi connectivity index (χ4v) is 1.56. The fourth-order valence-electron chi connectivity index (χ4n) is 1.56. The average Bonchev–Trinajstić information content (AvgIpc) is 2.38. The normalized spacial score (nSPS) is 17.5. The van der Waals surface area contributed by atoms with Crippen LogP contribution in [0.25, 0.3) is 0 Å². The van der Waals surface area contributed by atoms with Crippen LogP contribution in [0, 0.1) is 11.8 Å². The van der Waals surface area contributed by atoms with Crippen molar-refractivity contribution in [3.63, 3.8) is 0 Å². The summed E-state index contributed by atoms with van der Waals surface area (Å²) in [6, 6.07) is 5.64. The van der Waals surface area contributed by atoms with Crippen LogP contribution in [0.2, 0.25) is 0 Å². The molecule has 0 aromatic carbocycles. The van der Waals surface area contributed by atoms with Gasteiger partial charge in [0.25, 0.3) is 0 Å². The molecule has 0 saturated heterocycles. The Kier molecular flexibility index (Phi) is 3.35. The van der Waals surface area contributed by atoms with Gasteiger partial charge in [0.1, 0.15) is 5.69 Å². The number of aromatic nitrogens is 1. The summed E-state index contributed by atoms with van der Waals surface area (Å²) in [5.41, 5.74) is 2.47. The second-order valence-electron chi connectivity index (χ2n) is 3.58. The Hall–Kier alpha value is -2.08. The van der Waals surface area contributed by atoms with Crippen LogP contribution in [0.3, 0.4) is 0 Å². The van der Waals surface area contributed by atoms with Crippen LogP contribution < -0.4 is 0 Å². The van der Waals surface area contributed by atoms with Gasteiger partial charge in [-0.2, -0.15) is 0 Å². The standard InChI is InChI=1S/C13H12N2O/c16-15-13-6-3-4-11(10-13)7-8-12-5-1-2-9-14-12/h1-2,5,9-10,16H,3-4,6H2/b15-13+. The van der Waals surface area contributed by atoms with Gasteiger partial charge in [0.15, 0.2) is 0 Å². The molecule has 0 aliphatic heterocycles. The first kappa shape index (κ1) is 10.4. The summed E-state index contributed by atoms with van der Waals surface area (Å²) < 4.78 is 0. The lowest BCUT2D eigenvalue weighted by atomic mass is 9.98. The SMILES string of the molecule is O/N=C1/C=C(C#Cc2ccccn2)CCC1. The lowest BCUT2D eigenvalue weighted by molar-refractivity contribution is 0.318. The Bertz CT molecular complexity index is 478. The lowest BCUT2D eigenvalue weighted by Gasteiger charge is -2.07. The van der Waals surface area contributed by atoms with E-state index in [1.54, 1.807) is 6.20 Å². The lowest BCUT2D eigenvalue weighted by Crippen LogP contribution is -2.02. The monoisotopic (exact) mass is 212 g/mol. The van der Waals surface area contributed by atoms with Crippen molar-refractivity contribution in [2.75, 3.05) is 0 Å². The minimum absolute atomic E-state index is 0.705. The number of rotatable bonds is 0. The van der Waals surface area contributed by atoms with Gasteiger partial charge in [-0.05, 0) is 43.4 Å². The number of pyridine rings is 1. The molecule has 0 radical (unpaired) electrons. The second-order valence-corrected chi connectivity index (χ2v) is 3.58. The highest BCUT2D eigenvalue weighted by Crippen LogP contribution is 2.15. The van der Waals surface area contributed by atoms with E-state index in [2.05, 4.69) is 22.0 Å². The molecule has 1 aromatic rings. The average molecular weight is 212 g/mol. The highest BCUT2D eigenvalue weighted by molar-refractivity contribution is 5.96. The minimum atomic E-state index is 0.705. The van der Waals surface area contributed by atoms with Gasteiger partial charge in [0.05, 0.1) is 5.71 Å². The molecule has 0 unspecified atom stereocenters. The molecule has 1 aliphatic rings. The summed E-state index contributed by atoms with van der Waals surface area (Å²) in [6.07, 6.45) is 6.32. The summed E-state index contributed by atoms with van der Waals surface area (Å²) in [5, 5.41) is 11.9. The van der Waals surface area contributed by atoms with Crippen molar-refractivity contribution in [3.8, 4) is 11.8 Å². The van der Waals surface area contributed by atoms with Gasteiger partial charge >= 0.3 is 0 Å². The number of allylic oxidation sites excluding steroid dienone is 2. The first-order chi connectivity index (χ1) is 7.88. The van der Waals surface area contributed by atoms with Crippen LogP contribution in [0.4, 0.5) is 0 Å². The van der Waals surface area contributed by atoms with Gasteiger partial charge < -0.3 is 5.21 Å². The summed E-state index contributed by atoms with van der Waals surface area (Å²) in [7, 11) is 0. The molecule has 1 aliphatic carbocycles. The fraction of sp³-hybridized carbons (Fsp3) is 0.231. The van der Waals surface area contributed by atoms with Crippen molar-refractivity contribution in [2.24, 2.45) is 5.16 Å². The first-order valence-electron chi connectivity index (χ1n) is 5.23. The molecule has 2 rings (SSSR count). The van der Waals surface area contributed by atoms with Crippen LogP contribution in [0.5, 0.6) is 0 Å². The van der Waals surface area contributed by atoms with Crippen LogP contribution in [0.15, 0.2) is 41.2 Å². The van der Waals surface area contributed by atoms with Gasteiger partial charge in [-0.25, -0.2) is 4.98 Å². The Morgan fingerprint density at radius 1 is 1.25 bits per heavy atom. The summed E-state index contributed by atoms with van der Waals surface area (Å²) >= 11 is 0. The van der Waals surface area contributed by atoms with Gasteiger partial charge in [-0.1, -0.05) is 17.1 Å². The molecule has 16 heavy (non-hydrogen) atoms. The van der Waals surface area contributed by atoms with Crippen LogP contribution in [-0.4, -0.2) is 15.9 Å². The van der Waals surface area contributed by atoms with Gasteiger partial charge in [-0.15, -0.1) is 0 Å². The van der Waals surface area contributed by atoms with E-state index >= 15 is 0 Å². The predicted molar refractivity (Wildman–Crippen MR) is 62.3 cm³/mol. The van der Waals surface area contributed by atoms with Crippen molar-refractivity contribution >= 4 is 5.71 Å². The Morgan fingerprint density at radius 2 is 2.19 bits per heavy atom. The molecule has 80 valence electrons. The topological polar surface area (TPSA) is 45.5 Å². The van der Waals surface area contributed by atoms with Crippen molar-refractivity contribution in [3.05, 3.63) is 41.7 Å². The third-order valence-corrected chi connectivity index (χ3v) is 2.36. The molecular formula is C13H12N2O. The predicted octanol–water partition coefficient (Wildman–Crippen LogP) is 2.37. The smallest absolute Gasteiger partial charge is 0.113 e. The van der Waals surface area contributed by atoms with E-state index in [4.69, 9.17) is 5.21 Å². The molecule has 0 amide bonds. The highest BCUT2D eigenvalue weighted by atomic mass is 16.4. The molecule has 0 bridgehead atoms. The zero-order valence-electron chi connectivity index (χ0n) is 8.85. The highest BCUT2D eigenvalue weighted by Gasteiger charge is 2.06. The summed E-state index contributed by atoms with van der Waals surface area (Å²) in [5.74, 6) is 6.05. The number of hydrogen-bond acceptors (Lipinski definition) is 3. The Morgan fingerprint density at radius 3 is 2.94 bits per heavy atom. The molecule has 0 saturated carbocycles. The van der Waals surface area contributed by atoms with Gasteiger partial charge in [0, 0.05) is 11.8 Å². The van der Waals surface area contributed by atoms with Crippen molar-refractivity contribution < 1.29 is 5.21 Å². The second kappa shape index (κ2) is 5.13. The maximum absolute atomic E-state index is 8.68. The minimum Gasteiger partial charge on any atom is -0.411 e. The first-order valence-corrected chi connectivity index (χ1v) is 5.23. The molecule has 0 atom stereocenters. The van der Waals surface area contributed by atoms with Crippen molar-refractivity contribution in [2.45, 2.75) is 19.3 Å². The quantitative estimate of drug-likeness (QED) is 0.407. The Labute approximate surface area is 94.5 Å². The van der Waals surface area contributed by atoms with E-state index in [1.165, 1.54) is 0 Å². The third-order valence-electron chi connectivity index (χ3n) is 2.36. The zero-order chi connectivity index (χ0) is 11.2. The molecule has 0 fully saturated rings. The van der Waals surface area contributed by atoms with E-state index < -0.39 is 0 Å². The maximum Gasteiger partial charge on any atom is 0.113 e. The van der Waals surface area contributed by atoms with E-state index in [0.29, 0.717) is 5.71 Å². The van der Waals surface area contributed by atoms with Gasteiger partial charge in [0.2, 0.25) is 0 Å². The molecule has 1 N–H and O–H groups in total. The summed E-state index contributed by atoms with van der Waals surface area (Å²) in [6.45, 7) is 0. The van der Waals surface area contributed by atoms with Crippen LogP contribution in [-0.2, 0) is 0 Å². The Balaban J connectivity index is 2.16. The van der Waals surface area contributed by atoms with Gasteiger partial charge in [-0.3, -0.25) is 0 Å². The molecule has 3 nitrogen and oxygen atoms in total. The summed E-state index contributed by atoms with van der Waals surface area (Å²) in [4.78, 5) is 4.12. The van der Waals surface area contributed by atoms with E-state index in [0.717, 1.165) is 30.5 Å². The van der Waals surface area contributed by atoms with Crippen molar-refractivity contribution in [1.82, 2.24) is 4.98 Å². The largest absolute Gasteiger partial charge is 0.411 e.